The molecule has 0 bridgehead atoms. The van der Waals surface area contributed by atoms with Gasteiger partial charge in [0.25, 0.3) is 0 Å². The topological polar surface area (TPSA) is 6.48 Å². The normalized spacial score (nSPS) is 15.3. The first-order valence-corrected chi connectivity index (χ1v) is 10.8. The first-order valence-electron chi connectivity index (χ1n) is 7.87. The van der Waals surface area contributed by atoms with Crippen LogP contribution in [0.3, 0.4) is 0 Å². The number of anilines is 2. The molecule has 2 aliphatic rings. The molecule has 0 aromatic heterocycles. The van der Waals surface area contributed by atoms with Gasteiger partial charge in [-0.15, -0.1) is 0 Å². The number of benzene rings is 2. The van der Waals surface area contributed by atoms with E-state index in [0.717, 1.165) is 34.6 Å². The zero-order valence-electron chi connectivity index (χ0n) is 13.0. The fourth-order valence-electron chi connectivity index (χ4n) is 3.22. The van der Waals surface area contributed by atoms with E-state index in [-0.39, 0.29) is 0 Å². The lowest BCUT2D eigenvalue weighted by atomic mass is 10.2. The van der Waals surface area contributed by atoms with Gasteiger partial charge in [-0.3, -0.25) is 0 Å². The number of fused-ring (bicyclic) bond motifs is 2. The summed E-state index contributed by atoms with van der Waals surface area (Å²) >= 11 is 11.3. The number of rotatable bonds is 0. The van der Waals surface area contributed by atoms with Gasteiger partial charge >= 0.3 is 0 Å². The molecule has 0 saturated carbocycles. The van der Waals surface area contributed by atoms with Crippen molar-refractivity contribution in [2.75, 3.05) is 22.9 Å². The molecule has 0 saturated heterocycles. The molecule has 24 heavy (non-hydrogen) atoms. The highest BCUT2D eigenvalue weighted by Crippen LogP contribution is 2.37. The van der Waals surface area contributed by atoms with E-state index < -0.39 is 0 Å². The molecule has 2 aliphatic heterocycles. The average Bonchev–Trinajstić information content (AvgIpc) is 3.23. The zero-order chi connectivity index (χ0) is 16.5. The first kappa shape index (κ1) is 16.4. The van der Waals surface area contributed by atoms with E-state index in [1.54, 1.807) is 21.6 Å². The summed E-state index contributed by atoms with van der Waals surface area (Å²) in [5.41, 5.74) is 5.24. The maximum atomic E-state index is 5.65. The highest BCUT2D eigenvalue weighted by atomic mass is 33.1. The zero-order valence-corrected chi connectivity index (χ0v) is 16.2. The lowest BCUT2D eigenvalue weighted by Crippen LogP contribution is -2.26. The fraction of sp³-hybridized carbons (Fsp3) is 0.222. The van der Waals surface area contributed by atoms with Crippen LogP contribution < -0.4 is 9.80 Å². The Kier molecular flexibility index (Phi) is 4.81. The fourth-order valence-corrected chi connectivity index (χ4v) is 5.88. The standard InChI is InChI=1S/C18H16N2S4/c21-17(19-11-9-13-5-1-3-7-15(13)19)23-24-18(22)20-12-10-14-6-2-4-8-16(14)20/h1-8H,9-12H2. The predicted molar refractivity (Wildman–Crippen MR) is 115 cm³/mol. The summed E-state index contributed by atoms with van der Waals surface area (Å²) in [4.78, 5) is 4.45. The van der Waals surface area contributed by atoms with Crippen molar-refractivity contribution >= 4 is 66.0 Å². The van der Waals surface area contributed by atoms with Crippen LogP contribution in [0.5, 0.6) is 0 Å². The minimum absolute atomic E-state index is 0.889. The van der Waals surface area contributed by atoms with E-state index in [4.69, 9.17) is 24.4 Å². The molecule has 0 aliphatic carbocycles. The van der Waals surface area contributed by atoms with Gasteiger partial charge in [-0.25, -0.2) is 0 Å². The minimum atomic E-state index is 0.889. The quantitative estimate of drug-likeness (QED) is 0.456. The monoisotopic (exact) mass is 388 g/mol. The Morgan fingerprint density at radius 3 is 1.58 bits per heavy atom. The molecule has 0 N–H and O–H groups in total. The molecule has 0 spiro atoms. The van der Waals surface area contributed by atoms with Gasteiger partial charge in [0.05, 0.1) is 0 Å². The highest BCUT2D eigenvalue weighted by molar-refractivity contribution is 8.89. The summed E-state index contributed by atoms with van der Waals surface area (Å²) in [6, 6.07) is 17.0. The molecule has 6 heteroatoms. The van der Waals surface area contributed by atoms with Crippen LogP contribution in [-0.2, 0) is 12.8 Å². The second kappa shape index (κ2) is 7.04. The molecular weight excluding hydrogens is 372 g/mol. The van der Waals surface area contributed by atoms with E-state index in [9.17, 15) is 0 Å². The van der Waals surface area contributed by atoms with Crippen LogP contribution in [0.1, 0.15) is 11.1 Å². The summed E-state index contributed by atoms with van der Waals surface area (Å²) in [6.45, 7) is 1.93. The van der Waals surface area contributed by atoms with Crippen molar-refractivity contribution in [1.82, 2.24) is 0 Å². The molecule has 0 amide bonds. The molecule has 122 valence electrons. The molecule has 2 aromatic carbocycles. The molecular formula is C18H16N2S4. The van der Waals surface area contributed by atoms with Gasteiger partial charge in [-0.05, 0) is 57.7 Å². The summed E-state index contributed by atoms with van der Waals surface area (Å²) in [5, 5.41) is 0. The van der Waals surface area contributed by atoms with Crippen molar-refractivity contribution in [2.45, 2.75) is 12.8 Å². The lowest BCUT2D eigenvalue weighted by molar-refractivity contribution is 1.04. The van der Waals surface area contributed by atoms with Crippen LogP contribution in [0.25, 0.3) is 0 Å². The van der Waals surface area contributed by atoms with E-state index in [1.165, 1.54) is 22.5 Å². The third kappa shape index (κ3) is 3.08. The Morgan fingerprint density at radius 2 is 1.12 bits per heavy atom. The molecule has 2 heterocycles. The molecule has 2 aromatic rings. The molecule has 0 atom stereocenters. The number of para-hydroxylation sites is 2. The number of nitrogens with zero attached hydrogens (tertiary/aromatic N) is 2. The van der Waals surface area contributed by atoms with E-state index in [2.05, 4.69) is 58.3 Å². The van der Waals surface area contributed by atoms with Crippen molar-refractivity contribution in [3.63, 3.8) is 0 Å². The van der Waals surface area contributed by atoms with Crippen molar-refractivity contribution in [3.8, 4) is 0 Å². The van der Waals surface area contributed by atoms with Gasteiger partial charge in [0.1, 0.15) is 0 Å². The number of thiocarbonyl (C=S) groups is 2. The van der Waals surface area contributed by atoms with Crippen LogP contribution in [0.4, 0.5) is 11.4 Å². The maximum absolute atomic E-state index is 5.65. The summed E-state index contributed by atoms with van der Waals surface area (Å²) in [7, 11) is 3.20. The molecule has 0 fully saturated rings. The van der Waals surface area contributed by atoms with Crippen LogP contribution in [0.2, 0.25) is 0 Å². The van der Waals surface area contributed by atoms with Crippen molar-refractivity contribution < 1.29 is 0 Å². The SMILES string of the molecule is S=C(SSC(=S)N1CCc2ccccc21)N1CCc2ccccc21. The van der Waals surface area contributed by atoms with Gasteiger partial charge in [-0.2, -0.15) is 0 Å². The second-order valence-corrected chi connectivity index (χ2v) is 9.16. The molecule has 2 nitrogen and oxygen atoms in total. The van der Waals surface area contributed by atoms with E-state index in [1.807, 2.05) is 0 Å². The maximum Gasteiger partial charge on any atom is 0.151 e. The van der Waals surface area contributed by atoms with Gasteiger partial charge in [0.15, 0.2) is 8.64 Å². The van der Waals surface area contributed by atoms with E-state index >= 15 is 0 Å². The Labute approximate surface area is 161 Å². The molecule has 4 rings (SSSR count). The largest absolute Gasteiger partial charge is 0.326 e. The Hall–Kier alpha value is -1.08. The number of hydrogen-bond donors (Lipinski definition) is 0. The first-order chi connectivity index (χ1) is 11.7. The molecule has 0 radical (unpaired) electrons. The lowest BCUT2D eigenvalue weighted by Gasteiger charge is -2.22. The van der Waals surface area contributed by atoms with Crippen LogP contribution in [0, 0.1) is 0 Å². The second-order valence-electron chi connectivity index (χ2n) is 5.76. The Balaban J connectivity index is 1.39. The summed E-state index contributed by atoms with van der Waals surface area (Å²) in [6.07, 6.45) is 2.12. The van der Waals surface area contributed by atoms with Crippen molar-refractivity contribution in [2.24, 2.45) is 0 Å². The van der Waals surface area contributed by atoms with Crippen LogP contribution in [-0.4, -0.2) is 21.7 Å². The molecule has 0 unspecified atom stereocenters. The van der Waals surface area contributed by atoms with Crippen LogP contribution >= 0.6 is 46.0 Å². The number of hydrogen-bond acceptors (Lipinski definition) is 4. The summed E-state index contributed by atoms with van der Waals surface area (Å²) in [5.74, 6) is 0. The predicted octanol–water partition coefficient (Wildman–Crippen LogP) is 5.06. The van der Waals surface area contributed by atoms with Crippen LogP contribution in [0.15, 0.2) is 48.5 Å². The summed E-state index contributed by atoms with van der Waals surface area (Å²) < 4.78 is 1.78. The van der Waals surface area contributed by atoms with Gasteiger partial charge in [-0.1, -0.05) is 60.8 Å². The van der Waals surface area contributed by atoms with Gasteiger partial charge in [0.2, 0.25) is 0 Å². The minimum Gasteiger partial charge on any atom is -0.326 e. The third-order valence-electron chi connectivity index (χ3n) is 4.40. The Bertz CT molecular complexity index is 738. The smallest absolute Gasteiger partial charge is 0.151 e. The van der Waals surface area contributed by atoms with Crippen molar-refractivity contribution in [1.29, 1.82) is 0 Å². The Morgan fingerprint density at radius 1 is 0.708 bits per heavy atom. The highest BCUT2D eigenvalue weighted by Gasteiger charge is 2.25. The average molecular weight is 389 g/mol. The van der Waals surface area contributed by atoms with E-state index in [0.29, 0.717) is 0 Å². The van der Waals surface area contributed by atoms with Gasteiger partial charge < -0.3 is 9.80 Å². The van der Waals surface area contributed by atoms with Crippen molar-refractivity contribution in [3.05, 3.63) is 59.7 Å². The van der Waals surface area contributed by atoms with Gasteiger partial charge in [0, 0.05) is 24.5 Å². The third-order valence-corrected chi connectivity index (χ3v) is 7.98.